The van der Waals surface area contributed by atoms with Crippen molar-refractivity contribution in [2.45, 2.75) is 6.92 Å². The molecule has 0 aliphatic heterocycles. The Morgan fingerprint density at radius 2 is 2.18 bits per heavy atom. The number of nitrogens with zero attached hydrogens (tertiary/aromatic N) is 2. The summed E-state index contributed by atoms with van der Waals surface area (Å²) in [7, 11) is 0. The summed E-state index contributed by atoms with van der Waals surface area (Å²) in [6, 6.07) is 6.06. The average Bonchev–Trinajstić information content (AvgIpc) is 2.30. The third kappa shape index (κ3) is 4.56. The smallest absolute Gasteiger partial charge is 0.269 e. The first-order chi connectivity index (χ1) is 8.13. The van der Waals surface area contributed by atoms with Gasteiger partial charge in [0.1, 0.15) is 0 Å². The molecule has 2 N–H and O–H groups in total. The number of nitrogens with one attached hydrogen (secondary N) is 2. The molecule has 6 nitrogen and oxygen atoms in total. The molecule has 1 aromatic rings. The number of benzene rings is 1. The van der Waals surface area contributed by atoms with Gasteiger partial charge in [-0.3, -0.25) is 15.5 Å². The van der Waals surface area contributed by atoms with Gasteiger partial charge in [0, 0.05) is 18.7 Å². The zero-order chi connectivity index (χ0) is 12.7. The SMILES string of the molecule is CCNC(=S)N/N=C\c1ccc([N+](=O)[O-])cc1. The molecule has 1 aromatic carbocycles. The first-order valence-electron chi connectivity index (χ1n) is 4.95. The van der Waals surface area contributed by atoms with Crippen LogP contribution in [0.1, 0.15) is 12.5 Å². The van der Waals surface area contributed by atoms with Crippen molar-refractivity contribution in [2.75, 3.05) is 6.54 Å². The second-order valence-electron chi connectivity index (χ2n) is 3.08. The summed E-state index contributed by atoms with van der Waals surface area (Å²) < 4.78 is 0. The summed E-state index contributed by atoms with van der Waals surface area (Å²) in [5.41, 5.74) is 3.43. The van der Waals surface area contributed by atoms with Crippen LogP contribution in [-0.4, -0.2) is 22.8 Å². The second kappa shape index (κ2) is 6.54. The monoisotopic (exact) mass is 252 g/mol. The molecule has 0 aliphatic rings. The van der Waals surface area contributed by atoms with Gasteiger partial charge in [0.2, 0.25) is 0 Å². The summed E-state index contributed by atoms with van der Waals surface area (Å²) in [6.07, 6.45) is 1.54. The van der Waals surface area contributed by atoms with E-state index >= 15 is 0 Å². The van der Waals surface area contributed by atoms with Gasteiger partial charge >= 0.3 is 0 Å². The molecule has 0 radical (unpaired) electrons. The molecule has 1 rings (SSSR count). The zero-order valence-electron chi connectivity index (χ0n) is 9.21. The van der Waals surface area contributed by atoms with Crippen molar-refractivity contribution < 1.29 is 4.92 Å². The Morgan fingerprint density at radius 3 is 2.71 bits per heavy atom. The fourth-order valence-corrected chi connectivity index (χ4v) is 1.24. The highest BCUT2D eigenvalue weighted by molar-refractivity contribution is 7.80. The van der Waals surface area contributed by atoms with Crippen LogP contribution >= 0.6 is 12.2 Å². The molecule has 0 aliphatic carbocycles. The minimum absolute atomic E-state index is 0.0540. The Morgan fingerprint density at radius 1 is 1.53 bits per heavy atom. The molecule has 90 valence electrons. The van der Waals surface area contributed by atoms with Crippen LogP contribution in [0, 0.1) is 10.1 Å². The van der Waals surface area contributed by atoms with Crippen molar-refractivity contribution in [2.24, 2.45) is 5.10 Å². The van der Waals surface area contributed by atoms with E-state index in [-0.39, 0.29) is 5.69 Å². The van der Waals surface area contributed by atoms with Gasteiger partial charge in [-0.05, 0) is 36.8 Å². The van der Waals surface area contributed by atoms with Gasteiger partial charge < -0.3 is 5.32 Å². The van der Waals surface area contributed by atoms with Gasteiger partial charge in [-0.25, -0.2) is 0 Å². The lowest BCUT2D eigenvalue weighted by Crippen LogP contribution is -2.31. The third-order valence-electron chi connectivity index (χ3n) is 1.82. The van der Waals surface area contributed by atoms with E-state index in [1.165, 1.54) is 18.3 Å². The van der Waals surface area contributed by atoms with E-state index in [1.807, 2.05) is 6.92 Å². The number of hydrogen-bond acceptors (Lipinski definition) is 4. The van der Waals surface area contributed by atoms with Crippen molar-refractivity contribution >= 4 is 29.2 Å². The topological polar surface area (TPSA) is 79.6 Å². The van der Waals surface area contributed by atoms with Crippen LogP contribution in [-0.2, 0) is 0 Å². The minimum atomic E-state index is -0.445. The predicted molar refractivity (Wildman–Crippen MR) is 70.1 cm³/mol. The molecule has 0 spiro atoms. The first kappa shape index (κ1) is 13.0. The first-order valence-corrected chi connectivity index (χ1v) is 5.35. The zero-order valence-corrected chi connectivity index (χ0v) is 10.0. The van der Waals surface area contributed by atoms with Gasteiger partial charge in [-0.15, -0.1) is 0 Å². The molecule has 0 atom stereocenters. The lowest BCUT2D eigenvalue weighted by molar-refractivity contribution is -0.384. The van der Waals surface area contributed by atoms with Crippen molar-refractivity contribution in [3.63, 3.8) is 0 Å². The molecule has 0 heterocycles. The van der Waals surface area contributed by atoms with E-state index in [4.69, 9.17) is 12.2 Å². The van der Waals surface area contributed by atoms with Gasteiger partial charge in [0.15, 0.2) is 5.11 Å². The van der Waals surface area contributed by atoms with E-state index in [1.54, 1.807) is 12.1 Å². The lowest BCUT2D eigenvalue weighted by atomic mass is 10.2. The molecular formula is C10H12N4O2S. The lowest BCUT2D eigenvalue weighted by Gasteiger charge is -2.02. The number of non-ortho nitro benzene ring substituents is 1. The van der Waals surface area contributed by atoms with Crippen molar-refractivity contribution in [3.8, 4) is 0 Å². The quantitative estimate of drug-likeness (QED) is 0.366. The maximum Gasteiger partial charge on any atom is 0.269 e. The third-order valence-corrected chi connectivity index (χ3v) is 2.06. The molecule has 0 bridgehead atoms. The molecule has 0 fully saturated rings. The summed E-state index contributed by atoms with van der Waals surface area (Å²) in [5, 5.41) is 17.6. The fraction of sp³-hybridized carbons (Fsp3) is 0.200. The maximum absolute atomic E-state index is 10.4. The van der Waals surface area contributed by atoms with E-state index in [0.29, 0.717) is 5.11 Å². The van der Waals surface area contributed by atoms with Crippen molar-refractivity contribution in [1.29, 1.82) is 0 Å². The Hall–Kier alpha value is -2.02. The van der Waals surface area contributed by atoms with E-state index < -0.39 is 4.92 Å². The Balaban J connectivity index is 2.54. The van der Waals surface area contributed by atoms with Crippen LogP contribution < -0.4 is 10.7 Å². The predicted octanol–water partition coefficient (Wildman–Crippen LogP) is 1.41. The average molecular weight is 252 g/mol. The number of nitro benzene ring substituents is 1. The molecule has 0 unspecified atom stereocenters. The van der Waals surface area contributed by atoms with Crippen LogP contribution in [0.25, 0.3) is 0 Å². The second-order valence-corrected chi connectivity index (χ2v) is 3.49. The molecule has 17 heavy (non-hydrogen) atoms. The summed E-state index contributed by atoms with van der Waals surface area (Å²) in [5.74, 6) is 0. The van der Waals surface area contributed by atoms with E-state index in [2.05, 4.69) is 15.8 Å². The molecule has 7 heteroatoms. The molecule has 0 amide bonds. The van der Waals surface area contributed by atoms with Crippen LogP contribution in [0.2, 0.25) is 0 Å². The van der Waals surface area contributed by atoms with Gasteiger partial charge in [-0.1, -0.05) is 0 Å². The van der Waals surface area contributed by atoms with Gasteiger partial charge in [0.05, 0.1) is 11.1 Å². The van der Waals surface area contributed by atoms with E-state index in [0.717, 1.165) is 12.1 Å². The minimum Gasteiger partial charge on any atom is -0.362 e. The van der Waals surface area contributed by atoms with Gasteiger partial charge in [0.25, 0.3) is 5.69 Å². The highest BCUT2D eigenvalue weighted by Crippen LogP contribution is 2.10. The standard InChI is InChI=1S/C10H12N4O2S/c1-2-11-10(17)13-12-7-8-3-5-9(6-4-8)14(15)16/h3-7H,2H2,1H3,(H2,11,13,17)/b12-7-. The summed E-state index contributed by atoms with van der Waals surface area (Å²) in [6.45, 7) is 2.65. The van der Waals surface area contributed by atoms with Crippen molar-refractivity contribution in [1.82, 2.24) is 10.7 Å². The highest BCUT2D eigenvalue weighted by Gasteiger charge is 2.02. The number of nitro groups is 1. The summed E-state index contributed by atoms with van der Waals surface area (Å²) >= 11 is 4.90. The fourth-order valence-electron chi connectivity index (χ4n) is 1.05. The summed E-state index contributed by atoms with van der Waals surface area (Å²) in [4.78, 5) is 9.98. The molecular weight excluding hydrogens is 240 g/mol. The highest BCUT2D eigenvalue weighted by atomic mass is 32.1. The number of rotatable bonds is 4. The number of hydrogen-bond donors (Lipinski definition) is 2. The Labute approximate surface area is 104 Å². The Bertz CT molecular complexity index is 430. The van der Waals surface area contributed by atoms with Gasteiger partial charge in [-0.2, -0.15) is 5.10 Å². The Kier molecular flexibility index (Phi) is 5.02. The molecule has 0 saturated heterocycles. The van der Waals surface area contributed by atoms with Crippen molar-refractivity contribution in [3.05, 3.63) is 39.9 Å². The van der Waals surface area contributed by atoms with Crippen LogP contribution in [0.4, 0.5) is 5.69 Å². The number of thiocarbonyl (C=S) groups is 1. The van der Waals surface area contributed by atoms with Crippen LogP contribution in [0.5, 0.6) is 0 Å². The largest absolute Gasteiger partial charge is 0.362 e. The van der Waals surface area contributed by atoms with E-state index in [9.17, 15) is 10.1 Å². The molecule has 0 aromatic heterocycles. The maximum atomic E-state index is 10.4. The number of hydrazone groups is 1. The van der Waals surface area contributed by atoms with Crippen LogP contribution in [0.15, 0.2) is 29.4 Å². The van der Waals surface area contributed by atoms with Crippen LogP contribution in [0.3, 0.4) is 0 Å². The normalized spacial score (nSPS) is 10.2. The molecule has 0 saturated carbocycles.